The molecule has 1 aliphatic rings. The number of hydrogen-bond acceptors (Lipinski definition) is 5. The molecule has 1 amide bonds. The molecule has 0 spiro atoms. The van der Waals surface area contributed by atoms with E-state index in [1.54, 1.807) is 0 Å². The Kier molecular flexibility index (Phi) is 7.64. The molecule has 27 heavy (non-hydrogen) atoms. The summed E-state index contributed by atoms with van der Waals surface area (Å²) in [5, 5.41) is 3.25. The van der Waals surface area contributed by atoms with Gasteiger partial charge in [0.2, 0.25) is 10.0 Å². The van der Waals surface area contributed by atoms with Crippen molar-refractivity contribution in [2.75, 3.05) is 6.61 Å². The van der Waals surface area contributed by atoms with E-state index in [1.807, 2.05) is 0 Å². The molecule has 7 nitrogen and oxygen atoms in total. The van der Waals surface area contributed by atoms with E-state index in [-0.39, 0.29) is 16.8 Å². The van der Waals surface area contributed by atoms with Gasteiger partial charge in [0, 0.05) is 11.1 Å². The molecule has 0 radical (unpaired) electrons. The molecular weight excluding hydrogens is 392 g/mol. The Morgan fingerprint density at radius 3 is 2.37 bits per heavy atom. The van der Waals surface area contributed by atoms with Crippen molar-refractivity contribution in [3.05, 3.63) is 29.3 Å². The highest BCUT2D eigenvalue weighted by Crippen LogP contribution is 2.23. The van der Waals surface area contributed by atoms with Crippen LogP contribution in [0.3, 0.4) is 0 Å². The molecule has 0 aromatic heterocycles. The van der Waals surface area contributed by atoms with E-state index < -0.39 is 28.6 Å². The third-order valence-electron chi connectivity index (χ3n) is 4.54. The minimum absolute atomic E-state index is 0.0178. The molecule has 1 aromatic rings. The predicted molar refractivity (Wildman–Crippen MR) is 102 cm³/mol. The van der Waals surface area contributed by atoms with E-state index in [0.29, 0.717) is 10.9 Å². The van der Waals surface area contributed by atoms with Gasteiger partial charge in [0.15, 0.2) is 6.61 Å². The summed E-state index contributed by atoms with van der Waals surface area (Å²) in [6.07, 6.45) is 3.96. The normalized spacial score (nSPS) is 21.3. The Balaban J connectivity index is 1.79. The SMILES string of the molecule is CC1CCC(NC(=O)COC(=O)[C@H](C)NS(=O)(=O)c2ccc(Cl)cc2)CC1. The molecule has 0 aliphatic heterocycles. The molecule has 0 unspecified atom stereocenters. The second kappa shape index (κ2) is 9.52. The lowest BCUT2D eigenvalue weighted by Crippen LogP contribution is -2.42. The van der Waals surface area contributed by atoms with Gasteiger partial charge in [-0.05, 0) is 62.8 Å². The van der Waals surface area contributed by atoms with Crippen molar-refractivity contribution in [1.82, 2.24) is 10.0 Å². The zero-order chi connectivity index (χ0) is 20.0. The summed E-state index contributed by atoms with van der Waals surface area (Å²) in [5.41, 5.74) is 0. The van der Waals surface area contributed by atoms with Gasteiger partial charge in [-0.1, -0.05) is 18.5 Å². The molecule has 1 aromatic carbocycles. The number of ether oxygens (including phenoxy) is 1. The van der Waals surface area contributed by atoms with Gasteiger partial charge in [0.1, 0.15) is 6.04 Å². The van der Waals surface area contributed by atoms with Crippen LogP contribution < -0.4 is 10.0 Å². The van der Waals surface area contributed by atoms with Crippen LogP contribution in [0.1, 0.15) is 39.5 Å². The predicted octanol–water partition coefficient (Wildman–Crippen LogP) is 2.24. The summed E-state index contributed by atoms with van der Waals surface area (Å²) in [7, 11) is -3.90. The summed E-state index contributed by atoms with van der Waals surface area (Å²) in [6.45, 7) is 3.11. The lowest BCUT2D eigenvalue weighted by molar-refractivity contribution is -0.150. The third-order valence-corrected chi connectivity index (χ3v) is 6.34. The molecule has 0 saturated heterocycles. The van der Waals surface area contributed by atoms with Crippen LogP contribution in [0, 0.1) is 5.92 Å². The number of carbonyl (C=O) groups is 2. The van der Waals surface area contributed by atoms with Crippen LogP contribution in [0.5, 0.6) is 0 Å². The van der Waals surface area contributed by atoms with E-state index in [0.717, 1.165) is 25.7 Å². The Labute approximate surface area is 164 Å². The summed E-state index contributed by atoms with van der Waals surface area (Å²) < 4.78 is 31.6. The van der Waals surface area contributed by atoms with E-state index in [1.165, 1.54) is 31.2 Å². The molecule has 1 fully saturated rings. The minimum atomic E-state index is -3.90. The van der Waals surface area contributed by atoms with Crippen molar-refractivity contribution in [2.24, 2.45) is 5.92 Å². The molecule has 1 atom stereocenters. The van der Waals surface area contributed by atoms with Gasteiger partial charge in [-0.25, -0.2) is 8.42 Å². The molecule has 2 N–H and O–H groups in total. The van der Waals surface area contributed by atoms with Crippen LogP contribution in [-0.4, -0.2) is 39.0 Å². The first-order chi connectivity index (χ1) is 12.7. The number of carbonyl (C=O) groups excluding carboxylic acids is 2. The quantitative estimate of drug-likeness (QED) is 0.664. The summed E-state index contributed by atoms with van der Waals surface area (Å²) in [5.74, 6) is -0.527. The van der Waals surface area contributed by atoms with E-state index in [4.69, 9.17) is 16.3 Å². The van der Waals surface area contributed by atoms with E-state index in [9.17, 15) is 18.0 Å². The third kappa shape index (κ3) is 6.79. The monoisotopic (exact) mass is 416 g/mol. The topological polar surface area (TPSA) is 102 Å². The minimum Gasteiger partial charge on any atom is -0.454 e. The summed E-state index contributed by atoms with van der Waals surface area (Å²) >= 11 is 5.74. The van der Waals surface area contributed by atoms with E-state index in [2.05, 4.69) is 17.0 Å². The van der Waals surface area contributed by atoms with Crippen molar-refractivity contribution in [3.63, 3.8) is 0 Å². The highest BCUT2D eigenvalue weighted by molar-refractivity contribution is 7.89. The second-order valence-corrected chi connectivity index (χ2v) is 9.08. The Morgan fingerprint density at radius 2 is 1.78 bits per heavy atom. The van der Waals surface area contributed by atoms with Crippen molar-refractivity contribution in [1.29, 1.82) is 0 Å². The fourth-order valence-electron chi connectivity index (χ4n) is 2.90. The molecule has 1 saturated carbocycles. The van der Waals surface area contributed by atoms with Gasteiger partial charge >= 0.3 is 5.97 Å². The van der Waals surface area contributed by atoms with Crippen LogP contribution in [-0.2, 0) is 24.3 Å². The highest BCUT2D eigenvalue weighted by Gasteiger charge is 2.24. The molecule has 1 aliphatic carbocycles. The van der Waals surface area contributed by atoms with E-state index >= 15 is 0 Å². The lowest BCUT2D eigenvalue weighted by atomic mass is 9.87. The van der Waals surface area contributed by atoms with Crippen molar-refractivity contribution >= 4 is 33.5 Å². The summed E-state index contributed by atoms with van der Waals surface area (Å²) in [6, 6.07) is 4.52. The van der Waals surface area contributed by atoms with Crippen molar-refractivity contribution < 1.29 is 22.7 Å². The Hall–Kier alpha value is -1.64. The molecule has 150 valence electrons. The first kappa shape index (κ1) is 21.7. The highest BCUT2D eigenvalue weighted by atomic mass is 35.5. The average molecular weight is 417 g/mol. The lowest BCUT2D eigenvalue weighted by Gasteiger charge is -2.26. The van der Waals surface area contributed by atoms with Crippen LogP contribution in [0.2, 0.25) is 5.02 Å². The zero-order valence-electron chi connectivity index (χ0n) is 15.4. The molecule has 2 rings (SSSR count). The maximum atomic E-state index is 12.2. The van der Waals surface area contributed by atoms with Gasteiger partial charge in [-0.3, -0.25) is 9.59 Å². The van der Waals surface area contributed by atoms with Crippen molar-refractivity contribution in [3.8, 4) is 0 Å². The van der Waals surface area contributed by atoms with Crippen LogP contribution in [0.4, 0.5) is 0 Å². The molecular formula is C18H25ClN2O5S. The standard InChI is InChI=1S/C18H25ClN2O5S/c1-12-3-7-15(8-4-12)20-17(22)11-26-18(23)13(2)21-27(24,25)16-9-5-14(19)6-10-16/h5-6,9-10,12-13,15,21H,3-4,7-8,11H2,1-2H3,(H,20,22)/t12?,13-,15?/m0/s1. The number of sulfonamides is 1. The number of rotatable bonds is 7. The summed E-state index contributed by atoms with van der Waals surface area (Å²) in [4.78, 5) is 23.9. The van der Waals surface area contributed by atoms with Crippen LogP contribution in [0.25, 0.3) is 0 Å². The zero-order valence-corrected chi connectivity index (χ0v) is 17.0. The maximum Gasteiger partial charge on any atom is 0.324 e. The molecule has 9 heteroatoms. The first-order valence-electron chi connectivity index (χ1n) is 8.91. The fraction of sp³-hybridized carbons (Fsp3) is 0.556. The van der Waals surface area contributed by atoms with Gasteiger partial charge < -0.3 is 10.1 Å². The van der Waals surface area contributed by atoms with Crippen LogP contribution in [0.15, 0.2) is 29.2 Å². The maximum absolute atomic E-state index is 12.2. The number of nitrogens with one attached hydrogen (secondary N) is 2. The average Bonchev–Trinajstić information content (AvgIpc) is 2.61. The second-order valence-electron chi connectivity index (χ2n) is 6.93. The smallest absolute Gasteiger partial charge is 0.324 e. The Morgan fingerprint density at radius 1 is 1.19 bits per heavy atom. The van der Waals surface area contributed by atoms with Gasteiger partial charge in [0.05, 0.1) is 4.90 Å². The largest absolute Gasteiger partial charge is 0.454 e. The molecule has 0 heterocycles. The van der Waals surface area contributed by atoms with Crippen LogP contribution >= 0.6 is 11.6 Å². The molecule has 0 bridgehead atoms. The number of benzene rings is 1. The number of halogens is 1. The fourth-order valence-corrected chi connectivity index (χ4v) is 4.22. The number of amides is 1. The number of esters is 1. The first-order valence-corrected chi connectivity index (χ1v) is 10.8. The van der Waals surface area contributed by atoms with Crippen molar-refractivity contribution in [2.45, 2.75) is 56.5 Å². The Bertz CT molecular complexity index is 758. The van der Waals surface area contributed by atoms with Gasteiger partial charge in [0.25, 0.3) is 5.91 Å². The number of hydrogen-bond donors (Lipinski definition) is 2. The van der Waals surface area contributed by atoms with Gasteiger partial charge in [-0.15, -0.1) is 0 Å². The van der Waals surface area contributed by atoms with Gasteiger partial charge in [-0.2, -0.15) is 4.72 Å².